The van der Waals surface area contributed by atoms with Crippen LogP contribution in [0.5, 0.6) is 0 Å². The molecule has 0 aliphatic carbocycles. The first kappa shape index (κ1) is 12.1. The van der Waals surface area contributed by atoms with Crippen molar-refractivity contribution in [1.29, 1.82) is 0 Å². The first-order valence-corrected chi connectivity index (χ1v) is 6.39. The molecule has 5 heteroatoms. The lowest BCUT2D eigenvalue weighted by Gasteiger charge is -2.19. The molecular formula is C12H21N5. The Morgan fingerprint density at radius 2 is 2.00 bits per heavy atom. The number of hydrogen-bond donors (Lipinski definition) is 2. The highest BCUT2D eigenvalue weighted by Crippen LogP contribution is 2.09. The smallest absolute Gasteiger partial charge is 0.224 e. The first-order valence-electron chi connectivity index (χ1n) is 6.39. The standard InChI is InChI=1S/C12H21N5/c13-11-5-6-14-12(16-11)15-7-10-17-8-3-1-2-4-9-17/h5-6H,1-4,7-10H2,(H3,13,14,15,16). The summed E-state index contributed by atoms with van der Waals surface area (Å²) in [5.74, 6) is 1.14. The molecule has 94 valence electrons. The second-order valence-electron chi connectivity index (χ2n) is 4.49. The van der Waals surface area contributed by atoms with Crippen molar-refractivity contribution in [2.75, 3.05) is 37.2 Å². The van der Waals surface area contributed by atoms with Crippen molar-refractivity contribution in [3.63, 3.8) is 0 Å². The minimum absolute atomic E-state index is 0.511. The number of rotatable bonds is 4. The molecule has 2 heterocycles. The van der Waals surface area contributed by atoms with E-state index in [4.69, 9.17) is 5.73 Å². The Labute approximate surface area is 102 Å². The maximum Gasteiger partial charge on any atom is 0.224 e. The second kappa shape index (κ2) is 6.39. The van der Waals surface area contributed by atoms with Crippen LogP contribution in [0.4, 0.5) is 11.8 Å². The molecule has 0 aromatic carbocycles. The average molecular weight is 235 g/mol. The number of likely N-dealkylation sites (tertiary alicyclic amines) is 1. The molecule has 3 N–H and O–H groups in total. The molecule has 0 radical (unpaired) electrons. The molecule has 0 unspecified atom stereocenters. The summed E-state index contributed by atoms with van der Waals surface area (Å²) < 4.78 is 0. The van der Waals surface area contributed by atoms with Crippen LogP contribution in [0, 0.1) is 0 Å². The Kier molecular flexibility index (Phi) is 4.55. The van der Waals surface area contributed by atoms with E-state index in [0.717, 1.165) is 13.1 Å². The van der Waals surface area contributed by atoms with E-state index in [-0.39, 0.29) is 0 Å². The zero-order valence-corrected chi connectivity index (χ0v) is 10.2. The van der Waals surface area contributed by atoms with Gasteiger partial charge in [-0.15, -0.1) is 0 Å². The van der Waals surface area contributed by atoms with Gasteiger partial charge >= 0.3 is 0 Å². The molecule has 1 fully saturated rings. The minimum Gasteiger partial charge on any atom is -0.384 e. The fourth-order valence-corrected chi connectivity index (χ4v) is 2.14. The fraction of sp³-hybridized carbons (Fsp3) is 0.667. The van der Waals surface area contributed by atoms with Crippen molar-refractivity contribution < 1.29 is 0 Å². The molecule has 1 aliphatic heterocycles. The number of anilines is 2. The zero-order chi connectivity index (χ0) is 11.9. The molecule has 1 aromatic heterocycles. The van der Waals surface area contributed by atoms with Gasteiger partial charge in [-0.05, 0) is 32.0 Å². The van der Waals surface area contributed by atoms with Gasteiger partial charge < -0.3 is 16.0 Å². The van der Waals surface area contributed by atoms with Gasteiger partial charge in [0.05, 0.1) is 0 Å². The average Bonchev–Trinajstić information content (AvgIpc) is 2.58. The molecular weight excluding hydrogens is 214 g/mol. The van der Waals surface area contributed by atoms with Crippen molar-refractivity contribution in [2.24, 2.45) is 0 Å². The van der Waals surface area contributed by atoms with Crippen molar-refractivity contribution in [3.05, 3.63) is 12.3 Å². The fourth-order valence-electron chi connectivity index (χ4n) is 2.14. The molecule has 0 saturated carbocycles. The zero-order valence-electron chi connectivity index (χ0n) is 10.2. The second-order valence-corrected chi connectivity index (χ2v) is 4.49. The molecule has 2 rings (SSSR count). The van der Waals surface area contributed by atoms with Gasteiger partial charge in [-0.1, -0.05) is 12.8 Å². The van der Waals surface area contributed by atoms with Crippen LogP contribution in [0.3, 0.4) is 0 Å². The lowest BCUT2D eigenvalue weighted by atomic mass is 10.2. The van der Waals surface area contributed by atoms with E-state index >= 15 is 0 Å². The largest absolute Gasteiger partial charge is 0.384 e. The van der Waals surface area contributed by atoms with Crippen LogP contribution in [0.25, 0.3) is 0 Å². The number of nitrogens with zero attached hydrogens (tertiary/aromatic N) is 3. The third kappa shape index (κ3) is 4.19. The predicted molar refractivity (Wildman–Crippen MR) is 69.8 cm³/mol. The van der Waals surface area contributed by atoms with Crippen LogP contribution < -0.4 is 11.1 Å². The highest BCUT2D eigenvalue weighted by Gasteiger charge is 2.08. The summed E-state index contributed by atoms with van der Waals surface area (Å²) in [6, 6.07) is 1.69. The van der Waals surface area contributed by atoms with Gasteiger partial charge in [-0.3, -0.25) is 0 Å². The summed E-state index contributed by atoms with van der Waals surface area (Å²) in [7, 11) is 0. The molecule has 1 saturated heterocycles. The summed E-state index contributed by atoms with van der Waals surface area (Å²) in [4.78, 5) is 10.7. The monoisotopic (exact) mass is 235 g/mol. The molecule has 0 spiro atoms. The Morgan fingerprint density at radius 3 is 2.71 bits per heavy atom. The molecule has 0 bridgehead atoms. The predicted octanol–water partition coefficient (Wildman–Crippen LogP) is 1.35. The lowest BCUT2D eigenvalue weighted by molar-refractivity contribution is 0.296. The molecule has 1 aliphatic rings. The normalized spacial score (nSPS) is 17.6. The van der Waals surface area contributed by atoms with E-state index < -0.39 is 0 Å². The topological polar surface area (TPSA) is 67.1 Å². The molecule has 1 aromatic rings. The summed E-state index contributed by atoms with van der Waals surface area (Å²) in [6.45, 7) is 4.38. The highest BCUT2D eigenvalue weighted by atomic mass is 15.2. The SMILES string of the molecule is Nc1ccnc(NCCN2CCCCCC2)n1. The molecule has 17 heavy (non-hydrogen) atoms. The van der Waals surface area contributed by atoms with Crippen LogP contribution in [-0.2, 0) is 0 Å². The Hall–Kier alpha value is -1.36. The van der Waals surface area contributed by atoms with Crippen molar-refractivity contribution in [3.8, 4) is 0 Å². The van der Waals surface area contributed by atoms with Gasteiger partial charge in [0.1, 0.15) is 5.82 Å². The van der Waals surface area contributed by atoms with Gasteiger partial charge in [0.15, 0.2) is 0 Å². The van der Waals surface area contributed by atoms with Gasteiger partial charge in [-0.25, -0.2) is 4.98 Å². The lowest BCUT2D eigenvalue weighted by Crippen LogP contribution is -2.30. The number of nitrogens with two attached hydrogens (primary N) is 1. The van der Waals surface area contributed by atoms with E-state index in [1.54, 1.807) is 12.3 Å². The summed E-state index contributed by atoms with van der Waals surface area (Å²) >= 11 is 0. The van der Waals surface area contributed by atoms with Crippen LogP contribution in [0.1, 0.15) is 25.7 Å². The number of nitrogen functional groups attached to an aromatic ring is 1. The van der Waals surface area contributed by atoms with Crippen LogP contribution in [-0.4, -0.2) is 41.0 Å². The van der Waals surface area contributed by atoms with Crippen molar-refractivity contribution >= 4 is 11.8 Å². The summed E-state index contributed by atoms with van der Waals surface area (Å²) in [5.41, 5.74) is 5.59. The first-order chi connectivity index (χ1) is 8.34. The third-order valence-corrected chi connectivity index (χ3v) is 3.09. The minimum atomic E-state index is 0.511. The van der Waals surface area contributed by atoms with Crippen LogP contribution >= 0.6 is 0 Å². The van der Waals surface area contributed by atoms with Gasteiger partial charge in [0.2, 0.25) is 5.95 Å². The van der Waals surface area contributed by atoms with Crippen LogP contribution in [0.2, 0.25) is 0 Å². The highest BCUT2D eigenvalue weighted by molar-refractivity contribution is 5.34. The van der Waals surface area contributed by atoms with Gasteiger partial charge in [0.25, 0.3) is 0 Å². The molecule has 0 amide bonds. The number of aromatic nitrogens is 2. The van der Waals surface area contributed by atoms with E-state index in [1.807, 2.05) is 0 Å². The number of hydrogen-bond acceptors (Lipinski definition) is 5. The Balaban J connectivity index is 1.71. The third-order valence-electron chi connectivity index (χ3n) is 3.09. The Bertz CT molecular complexity index is 333. The maximum atomic E-state index is 5.59. The number of nitrogens with one attached hydrogen (secondary N) is 1. The van der Waals surface area contributed by atoms with Gasteiger partial charge in [0, 0.05) is 19.3 Å². The van der Waals surface area contributed by atoms with Gasteiger partial charge in [-0.2, -0.15) is 4.98 Å². The van der Waals surface area contributed by atoms with Crippen molar-refractivity contribution in [2.45, 2.75) is 25.7 Å². The summed E-state index contributed by atoms with van der Waals surface area (Å²) in [6.07, 6.45) is 7.09. The Morgan fingerprint density at radius 1 is 1.24 bits per heavy atom. The van der Waals surface area contributed by atoms with Crippen LogP contribution in [0.15, 0.2) is 12.3 Å². The maximum absolute atomic E-state index is 5.59. The quantitative estimate of drug-likeness (QED) is 0.824. The van der Waals surface area contributed by atoms with E-state index in [0.29, 0.717) is 11.8 Å². The van der Waals surface area contributed by atoms with E-state index in [9.17, 15) is 0 Å². The molecule has 5 nitrogen and oxygen atoms in total. The van der Waals surface area contributed by atoms with E-state index in [1.165, 1.54) is 38.8 Å². The summed E-state index contributed by atoms with van der Waals surface area (Å²) in [5, 5.41) is 3.21. The van der Waals surface area contributed by atoms with E-state index in [2.05, 4.69) is 20.2 Å². The van der Waals surface area contributed by atoms with Crippen molar-refractivity contribution in [1.82, 2.24) is 14.9 Å². The molecule has 0 atom stereocenters.